The van der Waals surface area contributed by atoms with Gasteiger partial charge in [-0.1, -0.05) is 12.8 Å². The fraction of sp³-hybridized carbons (Fsp3) is 0.800. The molecule has 1 aliphatic heterocycles. The Labute approximate surface area is 125 Å². The van der Waals surface area contributed by atoms with Crippen LogP contribution in [0.4, 0.5) is 0 Å². The van der Waals surface area contributed by atoms with Gasteiger partial charge >= 0.3 is 0 Å². The Morgan fingerprint density at radius 3 is 2.81 bits per heavy atom. The molecule has 3 rings (SSSR count). The maximum Gasteiger partial charge on any atom is 0.239 e. The summed E-state index contributed by atoms with van der Waals surface area (Å²) in [5.41, 5.74) is 0. The third-order valence-electron chi connectivity index (χ3n) is 5.10. The van der Waals surface area contributed by atoms with Crippen LogP contribution >= 0.6 is 0 Å². The van der Waals surface area contributed by atoms with E-state index in [2.05, 4.69) is 15.5 Å². The summed E-state index contributed by atoms with van der Waals surface area (Å²) in [7, 11) is 3.79. The smallest absolute Gasteiger partial charge is 0.239 e. The van der Waals surface area contributed by atoms with Crippen LogP contribution in [0.2, 0.25) is 0 Å². The van der Waals surface area contributed by atoms with Gasteiger partial charge in [-0.15, -0.1) is 10.2 Å². The van der Waals surface area contributed by atoms with E-state index in [9.17, 15) is 4.79 Å². The minimum absolute atomic E-state index is 0.0163. The molecular formula is C15H25N5O. The molecule has 0 radical (unpaired) electrons. The molecule has 1 aromatic rings. The Bertz CT molecular complexity index is 512. The number of rotatable bonds is 3. The molecule has 1 saturated carbocycles. The molecule has 116 valence electrons. The summed E-state index contributed by atoms with van der Waals surface area (Å²) in [6.45, 7) is 2.44. The molecular weight excluding hydrogens is 266 g/mol. The second kappa shape index (κ2) is 5.75. The van der Waals surface area contributed by atoms with Crippen molar-refractivity contribution >= 4 is 5.91 Å². The van der Waals surface area contributed by atoms with Crippen molar-refractivity contribution in [3.05, 3.63) is 11.6 Å². The number of carbonyl (C=O) groups excluding carboxylic acids is 1. The van der Waals surface area contributed by atoms with Crippen molar-refractivity contribution in [1.82, 2.24) is 25.0 Å². The third kappa shape index (κ3) is 2.81. The monoisotopic (exact) mass is 291 g/mol. The molecule has 1 N–H and O–H groups in total. The number of aryl methyl sites for hydroxylation is 1. The first kappa shape index (κ1) is 14.5. The van der Waals surface area contributed by atoms with E-state index in [-0.39, 0.29) is 11.9 Å². The molecule has 2 fully saturated rings. The summed E-state index contributed by atoms with van der Waals surface area (Å²) in [4.78, 5) is 14.4. The van der Waals surface area contributed by atoms with Gasteiger partial charge in [0, 0.05) is 20.1 Å². The van der Waals surface area contributed by atoms with E-state index >= 15 is 0 Å². The summed E-state index contributed by atoms with van der Waals surface area (Å²) in [6, 6.07) is 0.538. The fourth-order valence-electron chi connectivity index (χ4n) is 3.66. The van der Waals surface area contributed by atoms with Gasteiger partial charge in [-0.2, -0.15) is 0 Å². The Morgan fingerprint density at radius 2 is 2.14 bits per heavy atom. The van der Waals surface area contributed by atoms with Gasteiger partial charge in [0.05, 0.1) is 12.6 Å². The van der Waals surface area contributed by atoms with Gasteiger partial charge in [0.25, 0.3) is 0 Å². The first-order valence-corrected chi connectivity index (χ1v) is 7.92. The molecule has 1 aliphatic carbocycles. The fourth-order valence-corrected chi connectivity index (χ4v) is 3.66. The van der Waals surface area contributed by atoms with E-state index < -0.39 is 0 Å². The zero-order chi connectivity index (χ0) is 15.0. The van der Waals surface area contributed by atoms with Crippen molar-refractivity contribution < 1.29 is 4.79 Å². The van der Waals surface area contributed by atoms with Crippen LogP contribution < -0.4 is 5.32 Å². The maximum atomic E-state index is 12.6. The molecule has 21 heavy (non-hydrogen) atoms. The number of nitrogens with zero attached hydrogens (tertiary/aromatic N) is 4. The molecule has 2 aliphatic rings. The maximum absolute atomic E-state index is 12.6. The second-order valence-electron chi connectivity index (χ2n) is 6.52. The number of fused-ring (bicyclic) bond motifs is 1. The summed E-state index contributed by atoms with van der Waals surface area (Å²) in [6.07, 6.45) is 6.10. The lowest BCUT2D eigenvalue weighted by atomic mass is 9.85. The largest absolute Gasteiger partial charge is 0.337 e. The number of aromatic nitrogens is 3. The van der Waals surface area contributed by atoms with Crippen LogP contribution in [-0.2, 0) is 18.4 Å². The lowest BCUT2D eigenvalue weighted by molar-refractivity contribution is -0.132. The molecule has 3 atom stereocenters. The van der Waals surface area contributed by atoms with Gasteiger partial charge in [-0.05, 0) is 32.1 Å². The average Bonchev–Trinajstić information content (AvgIpc) is 3.04. The molecule has 6 nitrogen and oxygen atoms in total. The van der Waals surface area contributed by atoms with Crippen LogP contribution in [0.15, 0.2) is 0 Å². The zero-order valence-electron chi connectivity index (χ0n) is 13.2. The van der Waals surface area contributed by atoms with Gasteiger partial charge in [-0.3, -0.25) is 4.79 Å². The van der Waals surface area contributed by atoms with Crippen molar-refractivity contribution in [2.45, 2.75) is 57.7 Å². The van der Waals surface area contributed by atoms with Crippen LogP contribution in [0.25, 0.3) is 0 Å². The molecule has 0 spiro atoms. The minimum atomic E-state index is -0.0163. The third-order valence-corrected chi connectivity index (χ3v) is 5.10. The predicted octanol–water partition coefficient (Wildman–Crippen LogP) is 1.00. The van der Waals surface area contributed by atoms with Crippen molar-refractivity contribution in [2.24, 2.45) is 13.0 Å². The standard InChI is InChI=1S/C15H25N5O/c1-10-17-18-14(20(10)3)9-19(2)15(21)13-8-11-6-4-5-7-12(11)16-13/h11-13,16H,4-9H2,1-3H3/t11-,12-,13+/m1/s1. The highest BCUT2D eigenvalue weighted by Gasteiger charge is 2.39. The highest BCUT2D eigenvalue weighted by atomic mass is 16.2. The van der Waals surface area contributed by atoms with Gasteiger partial charge in [0.2, 0.25) is 5.91 Å². The number of amides is 1. The molecule has 0 bridgehead atoms. The lowest BCUT2D eigenvalue weighted by Crippen LogP contribution is -2.44. The Morgan fingerprint density at radius 1 is 1.38 bits per heavy atom. The number of nitrogens with one attached hydrogen (secondary N) is 1. The summed E-state index contributed by atoms with van der Waals surface area (Å²) < 4.78 is 1.94. The first-order valence-electron chi connectivity index (χ1n) is 7.92. The molecule has 2 heterocycles. The van der Waals surface area contributed by atoms with Crippen LogP contribution in [0, 0.1) is 12.8 Å². The van der Waals surface area contributed by atoms with Gasteiger partial charge in [-0.25, -0.2) is 0 Å². The normalized spacial score (nSPS) is 28.4. The highest BCUT2D eigenvalue weighted by molar-refractivity contribution is 5.82. The van der Waals surface area contributed by atoms with Crippen molar-refractivity contribution in [2.75, 3.05) is 7.05 Å². The Balaban J connectivity index is 1.61. The number of carbonyl (C=O) groups is 1. The topological polar surface area (TPSA) is 63.1 Å². The molecule has 6 heteroatoms. The van der Waals surface area contributed by atoms with Crippen LogP contribution in [0.5, 0.6) is 0 Å². The summed E-state index contributed by atoms with van der Waals surface area (Å²) in [5, 5.41) is 11.7. The van der Waals surface area contributed by atoms with E-state index in [1.807, 2.05) is 25.6 Å². The van der Waals surface area contributed by atoms with Crippen LogP contribution in [-0.4, -0.2) is 44.7 Å². The van der Waals surface area contributed by atoms with Gasteiger partial charge < -0.3 is 14.8 Å². The van der Waals surface area contributed by atoms with Gasteiger partial charge in [0.1, 0.15) is 5.82 Å². The van der Waals surface area contributed by atoms with Crippen molar-refractivity contribution in [1.29, 1.82) is 0 Å². The van der Waals surface area contributed by atoms with Crippen molar-refractivity contribution in [3.63, 3.8) is 0 Å². The predicted molar refractivity (Wildman–Crippen MR) is 79.5 cm³/mol. The summed E-state index contributed by atoms with van der Waals surface area (Å²) in [5.74, 6) is 2.58. The molecule has 0 aromatic carbocycles. The van der Waals surface area contributed by atoms with Crippen LogP contribution in [0.1, 0.15) is 43.8 Å². The molecule has 1 saturated heterocycles. The summed E-state index contributed by atoms with van der Waals surface area (Å²) >= 11 is 0. The Kier molecular flexibility index (Phi) is 3.97. The molecule has 0 unspecified atom stereocenters. The van der Waals surface area contributed by atoms with E-state index in [0.29, 0.717) is 18.5 Å². The quantitative estimate of drug-likeness (QED) is 0.902. The SMILES string of the molecule is Cc1nnc(CN(C)C(=O)[C@@H]2C[C@H]3CCCC[C@H]3N2)n1C. The number of hydrogen-bond acceptors (Lipinski definition) is 4. The second-order valence-corrected chi connectivity index (χ2v) is 6.52. The van der Waals surface area contributed by atoms with E-state index in [1.165, 1.54) is 25.7 Å². The van der Waals surface area contributed by atoms with Gasteiger partial charge in [0.15, 0.2) is 5.82 Å². The zero-order valence-corrected chi connectivity index (χ0v) is 13.2. The lowest BCUT2D eigenvalue weighted by Gasteiger charge is -2.24. The molecule has 1 amide bonds. The van der Waals surface area contributed by atoms with Crippen molar-refractivity contribution in [3.8, 4) is 0 Å². The average molecular weight is 291 g/mol. The number of hydrogen-bond donors (Lipinski definition) is 1. The highest BCUT2D eigenvalue weighted by Crippen LogP contribution is 2.33. The van der Waals surface area contributed by atoms with E-state index in [0.717, 1.165) is 18.1 Å². The number of likely N-dealkylation sites (N-methyl/N-ethyl adjacent to an activating group) is 1. The van der Waals surface area contributed by atoms with E-state index in [1.54, 1.807) is 4.90 Å². The molecule has 1 aromatic heterocycles. The van der Waals surface area contributed by atoms with Crippen LogP contribution in [0.3, 0.4) is 0 Å². The first-order chi connectivity index (χ1) is 10.1. The van der Waals surface area contributed by atoms with E-state index in [4.69, 9.17) is 0 Å². The minimum Gasteiger partial charge on any atom is -0.337 e. The Hall–Kier alpha value is -1.43.